The van der Waals surface area contributed by atoms with Crippen molar-refractivity contribution in [2.75, 3.05) is 32.7 Å². The molecule has 0 spiro atoms. The summed E-state index contributed by atoms with van der Waals surface area (Å²) < 4.78 is 0. The van der Waals surface area contributed by atoms with Crippen LogP contribution in [0.5, 0.6) is 0 Å². The number of hydrogen-bond donors (Lipinski definition) is 20. The van der Waals surface area contributed by atoms with Crippen LogP contribution in [0.4, 0.5) is 0 Å². The molecule has 5 atom stereocenters. The van der Waals surface area contributed by atoms with Crippen LogP contribution in [0.1, 0.15) is 85.0 Å². The molecule has 0 aromatic carbocycles. The molecule has 0 aromatic rings. The summed E-state index contributed by atoms with van der Waals surface area (Å²) in [5, 5.41) is 64.8. The first-order valence-corrected chi connectivity index (χ1v) is 19.6. The highest BCUT2D eigenvalue weighted by Crippen LogP contribution is 2.08. The van der Waals surface area contributed by atoms with Gasteiger partial charge in [-0.3, -0.25) is 56.3 Å². The molecule has 0 aliphatic heterocycles. The van der Waals surface area contributed by atoms with Crippen LogP contribution in [-0.4, -0.2) is 122 Å². The molecular weight excluding hydrogens is 769 g/mol. The molecule has 4 amide bonds. The molecule has 4 unspecified atom stereocenters. The van der Waals surface area contributed by atoms with Gasteiger partial charge in [-0.25, -0.2) is 0 Å². The Bertz CT molecular complexity index is 1410. The lowest BCUT2D eigenvalue weighted by atomic mass is 10.0. The van der Waals surface area contributed by atoms with Crippen LogP contribution < -0.4 is 81.8 Å². The van der Waals surface area contributed by atoms with Crippen LogP contribution in [0, 0.1) is 33.0 Å². The van der Waals surface area contributed by atoms with Gasteiger partial charge in [0.25, 0.3) is 0 Å². The van der Waals surface area contributed by atoms with Crippen LogP contribution in [0.3, 0.4) is 0 Å². The fraction of sp³-hybridized carbons (Fsp3) is 0.706. The third kappa shape index (κ3) is 27.2. The number of ketones is 1. The van der Waals surface area contributed by atoms with Gasteiger partial charge >= 0.3 is 0 Å². The average molecular weight is 839 g/mol. The molecular formula is C34H70N20O5. The molecule has 25 heteroatoms. The highest BCUT2D eigenvalue weighted by Gasteiger charge is 2.30. The molecule has 0 bridgehead atoms. The first kappa shape index (κ1) is 52.9. The van der Waals surface area contributed by atoms with E-state index in [0.29, 0.717) is 32.2 Å². The number of hydrogen-bond acceptors (Lipinski definition) is 11. The van der Waals surface area contributed by atoms with Gasteiger partial charge in [0.1, 0.15) is 12.1 Å². The fourth-order valence-corrected chi connectivity index (χ4v) is 5.45. The normalized spacial score (nSPS) is 13.2. The Morgan fingerprint density at radius 1 is 0.424 bits per heavy atom. The van der Waals surface area contributed by atoms with Gasteiger partial charge in [0.2, 0.25) is 23.6 Å². The van der Waals surface area contributed by atoms with Gasteiger partial charge in [-0.2, -0.15) is 0 Å². The lowest BCUT2D eigenvalue weighted by Crippen LogP contribution is -2.60. The summed E-state index contributed by atoms with van der Waals surface area (Å²) in [4.78, 5) is 66.9. The highest BCUT2D eigenvalue weighted by molar-refractivity contribution is 5.93. The maximum atomic E-state index is 14.1. The van der Waals surface area contributed by atoms with E-state index >= 15 is 0 Å². The molecule has 0 saturated carbocycles. The van der Waals surface area contributed by atoms with E-state index in [2.05, 4.69) is 53.2 Å². The Balaban J connectivity index is 6.55. The predicted octanol–water partition coefficient (Wildman–Crippen LogP) is -4.60. The summed E-state index contributed by atoms with van der Waals surface area (Å²) in [5.41, 5.74) is 27.0. The van der Waals surface area contributed by atoms with E-state index < -0.39 is 54.0 Å². The van der Waals surface area contributed by atoms with Crippen LogP contribution in [0.15, 0.2) is 0 Å². The SMILES string of the molecule is CC(=O)C(CCCNC(=N)N)NC(=O)C(CCCNC(=N)N)N[C@H](CCCNC(=N)N)NC(=O)C(CCCNC(=N)N)NC(=O)C(CCCNC(=N)N)NC(=O)C(C)C. The predicted molar refractivity (Wildman–Crippen MR) is 226 cm³/mol. The number of rotatable bonds is 31. The lowest BCUT2D eigenvalue weighted by Gasteiger charge is -2.30. The van der Waals surface area contributed by atoms with E-state index in [1.165, 1.54) is 6.92 Å². The first-order chi connectivity index (χ1) is 27.7. The van der Waals surface area contributed by atoms with Gasteiger partial charge in [-0.1, -0.05) is 13.8 Å². The summed E-state index contributed by atoms with van der Waals surface area (Å²) in [6, 6.07) is -4.06. The molecule has 25 nitrogen and oxygen atoms in total. The van der Waals surface area contributed by atoms with Crippen molar-refractivity contribution >= 4 is 59.2 Å². The Hall–Kier alpha value is -6.14. The highest BCUT2D eigenvalue weighted by atomic mass is 16.2. The third-order valence-electron chi connectivity index (χ3n) is 8.56. The summed E-state index contributed by atoms with van der Waals surface area (Å²) >= 11 is 0. The number of carbonyl (C=O) groups is 5. The van der Waals surface area contributed by atoms with E-state index in [4.69, 9.17) is 55.7 Å². The fourth-order valence-electron chi connectivity index (χ4n) is 5.45. The lowest BCUT2D eigenvalue weighted by molar-refractivity contribution is -0.133. The number of Topliss-reactive ketones (excluding diaryl/α,β-unsaturated/α-hetero) is 1. The average Bonchev–Trinajstić information content (AvgIpc) is 3.13. The van der Waals surface area contributed by atoms with Crippen molar-refractivity contribution in [3.05, 3.63) is 0 Å². The second kappa shape index (κ2) is 30.0. The van der Waals surface area contributed by atoms with Crippen LogP contribution >= 0.6 is 0 Å². The van der Waals surface area contributed by atoms with Gasteiger partial charge < -0.3 is 76.5 Å². The standard InChI is InChI=1S/C34H70N20O5/c1-19(2)26(56)52-23(11-6-16-47-32(39)40)28(58)53-24(12-7-17-48-33(41)42)29(59)54-25(13-8-18-49-34(43)44)50-22(10-5-15-46-31(37)38)27(57)51-21(20(3)55)9-4-14-45-30(35)36/h19,21-25,50H,4-18H2,1-3H3,(H,51,57)(H,52,56)(H,53,58)(H,54,59)(H4,35,36,45)(H4,37,38,46)(H4,39,40,47)(H4,41,42,48)(H4,43,44,49)/t21?,22?,23?,24?,25-/m0/s1. The third-order valence-corrected chi connectivity index (χ3v) is 8.56. The van der Waals surface area contributed by atoms with Gasteiger partial charge in [0.05, 0.1) is 18.2 Å². The van der Waals surface area contributed by atoms with Crippen molar-refractivity contribution in [2.45, 2.75) is 115 Å². The van der Waals surface area contributed by atoms with Gasteiger partial charge in [-0.05, 0) is 71.1 Å². The Morgan fingerprint density at radius 2 is 0.712 bits per heavy atom. The Morgan fingerprint density at radius 3 is 1.07 bits per heavy atom. The Labute approximate surface area is 345 Å². The number of amides is 4. The summed E-state index contributed by atoms with van der Waals surface area (Å²) in [6.45, 7) is 5.94. The zero-order valence-corrected chi connectivity index (χ0v) is 34.5. The van der Waals surface area contributed by atoms with Crippen LogP contribution in [0.25, 0.3) is 0 Å². The van der Waals surface area contributed by atoms with Gasteiger partial charge in [0.15, 0.2) is 35.6 Å². The van der Waals surface area contributed by atoms with Gasteiger partial charge in [0, 0.05) is 38.6 Å². The minimum Gasteiger partial charge on any atom is -0.370 e. The molecule has 0 aliphatic rings. The molecule has 0 saturated heterocycles. The summed E-state index contributed by atoms with van der Waals surface area (Å²) in [5.74, 6) is -4.23. The van der Waals surface area contributed by atoms with Crippen LogP contribution in [-0.2, 0) is 24.0 Å². The second-order valence-electron chi connectivity index (χ2n) is 14.1. The first-order valence-electron chi connectivity index (χ1n) is 19.6. The largest absolute Gasteiger partial charge is 0.370 e. The molecule has 336 valence electrons. The molecule has 25 N–H and O–H groups in total. The zero-order valence-electron chi connectivity index (χ0n) is 34.5. The zero-order chi connectivity index (χ0) is 44.9. The molecule has 0 rings (SSSR count). The maximum Gasteiger partial charge on any atom is 0.243 e. The van der Waals surface area contributed by atoms with Gasteiger partial charge in [-0.15, -0.1) is 0 Å². The quantitative estimate of drug-likeness (QED) is 0.0135. The van der Waals surface area contributed by atoms with E-state index in [-0.39, 0.29) is 106 Å². The monoisotopic (exact) mass is 839 g/mol. The minimum atomic E-state index is -1.16. The van der Waals surface area contributed by atoms with Crippen molar-refractivity contribution in [2.24, 2.45) is 34.6 Å². The summed E-state index contributed by atoms with van der Waals surface area (Å²) in [6.07, 6.45) is 1.70. The second-order valence-corrected chi connectivity index (χ2v) is 14.1. The number of carbonyl (C=O) groups excluding carboxylic acids is 5. The van der Waals surface area contributed by atoms with Crippen LogP contribution in [0.2, 0.25) is 0 Å². The molecule has 0 aliphatic carbocycles. The topological polar surface area (TPSA) is 455 Å². The molecule has 0 aromatic heterocycles. The molecule has 0 radical (unpaired) electrons. The van der Waals surface area contributed by atoms with E-state index in [0.717, 1.165) is 0 Å². The minimum absolute atomic E-state index is 0.0760. The van der Waals surface area contributed by atoms with Crippen molar-refractivity contribution in [1.29, 1.82) is 27.0 Å². The molecule has 0 heterocycles. The smallest absolute Gasteiger partial charge is 0.243 e. The van der Waals surface area contributed by atoms with Crippen molar-refractivity contribution in [3.8, 4) is 0 Å². The summed E-state index contributed by atoms with van der Waals surface area (Å²) in [7, 11) is 0. The Kier molecular flexibility index (Phi) is 26.9. The number of nitrogens with one attached hydrogen (secondary N) is 15. The van der Waals surface area contributed by atoms with Crippen molar-refractivity contribution < 1.29 is 24.0 Å². The van der Waals surface area contributed by atoms with Crippen molar-refractivity contribution in [1.82, 2.24) is 53.2 Å². The number of guanidine groups is 5. The van der Waals surface area contributed by atoms with E-state index in [1.807, 2.05) is 0 Å². The molecule has 59 heavy (non-hydrogen) atoms. The van der Waals surface area contributed by atoms with Crippen molar-refractivity contribution in [3.63, 3.8) is 0 Å². The number of nitrogens with two attached hydrogens (primary N) is 5. The van der Waals surface area contributed by atoms with E-state index in [1.54, 1.807) is 13.8 Å². The van der Waals surface area contributed by atoms with E-state index in [9.17, 15) is 24.0 Å². The maximum absolute atomic E-state index is 14.1. The molecule has 0 fully saturated rings.